The number of nitrogens with one attached hydrogen (secondary N) is 1. The van der Waals surface area contributed by atoms with Crippen molar-refractivity contribution in [2.75, 3.05) is 5.32 Å². The molecule has 3 rings (SSSR count). The molecule has 122 valence electrons. The maximum atomic E-state index is 13.0. The third-order valence-electron chi connectivity index (χ3n) is 4.46. The van der Waals surface area contributed by atoms with E-state index in [0.717, 1.165) is 0 Å². The van der Waals surface area contributed by atoms with Crippen molar-refractivity contribution in [2.24, 2.45) is 5.73 Å². The third kappa shape index (κ3) is 1.81. The Hall–Kier alpha value is -3.07. The second kappa shape index (κ2) is 5.53. The van der Waals surface area contributed by atoms with Crippen LogP contribution in [0.1, 0.15) is 32.3 Å². The molecule has 1 spiro atoms. The van der Waals surface area contributed by atoms with Gasteiger partial charge in [0.15, 0.2) is 5.78 Å². The Labute approximate surface area is 139 Å². The summed E-state index contributed by atoms with van der Waals surface area (Å²) in [7, 11) is 0. The molecule has 0 saturated heterocycles. The van der Waals surface area contributed by atoms with Crippen molar-refractivity contribution >= 4 is 17.4 Å². The van der Waals surface area contributed by atoms with Crippen LogP contribution in [0.4, 0.5) is 5.69 Å². The highest BCUT2D eigenvalue weighted by Crippen LogP contribution is 2.52. The highest BCUT2D eigenvalue weighted by Gasteiger charge is 2.58. The second-order valence-electron chi connectivity index (χ2n) is 5.63. The lowest BCUT2D eigenvalue weighted by Gasteiger charge is -2.35. The van der Waals surface area contributed by atoms with E-state index >= 15 is 0 Å². The lowest BCUT2D eigenvalue weighted by Crippen LogP contribution is -2.45. The summed E-state index contributed by atoms with van der Waals surface area (Å²) in [5.41, 5.74) is 5.70. The molecule has 1 atom stereocenters. The molecule has 0 fully saturated rings. The van der Waals surface area contributed by atoms with E-state index in [1.807, 2.05) is 13.0 Å². The van der Waals surface area contributed by atoms with Gasteiger partial charge in [-0.3, -0.25) is 9.59 Å². The van der Waals surface area contributed by atoms with E-state index in [2.05, 4.69) is 5.32 Å². The molecular formula is C18H17N3O3. The van der Waals surface area contributed by atoms with Gasteiger partial charge in [-0.05, 0) is 6.07 Å². The number of hydrogen-bond acceptors (Lipinski definition) is 5. The van der Waals surface area contributed by atoms with Gasteiger partial charge in [-0.2, -0.15) is 5.26 Å². The van der Waals surface area contributed by atoms with Gasteiger partial charge in [0.1, 0.15) is 22.8 Å². The SMILES string of the molecule is CCC(=O)C1=C(CC)OC(N)=C(C#N)C12C(=O)Nc1ccccc12. The van der Waals surface area contributed by atoms with E-state index in [4.69, 9.17) is 10.5 Å². The number of amides is 1. The van der Waals surface area contributed by atoms with E-state index in [9.17, 15) is 14.9 Å². The number of hydrogen-bond donors (Lipinski definition) is 2. The molecule has 0 aliphatic carbocycles. The molecule has 6 nitrogen and oxygen atoms in total. The number of Topliss-reactive ketones (excluding diaryl/α,β-unsaturated/α-hetero) is 1. The van der Waals surface area contributed by atoms with Crippen molar-refractivity contribution in [3.8, 4) is 6.07 Å². The Morgan fingerprint density at radius 1 is 1.38 bits per heavy atom. The number of allylic oxidation sites excluding steroid dienone is 1. The van der Waals surface area contributed by atoms with Crippen LogP contribution in [0.5, 0.6) is 0 Å². The van der Waals surface area contributed by atoms with Gasteiger partial charge in [0.25, 0.3) is 0 Å². The minimum absolute atomic E-state index is 0.0426. The van der Waals surface area contributed by atoms with Crippen LogP contribution in [0.3, 0.4) is 0 Å². The first kappa shape index (κ1) is 15.8. The highest BCUT2D eigenvalue weighted by atomic mass is 16.5. The average Bonchev–Trinajstić information content (AvgIpc) is 2.87. The Morgan fingerprint density at radius 3 is 2.71 bits per heavy atom. The van der Waals surface area contributed by atoms with Gasteiger partial charge in [-0.25, -0.2) is 0 Å². The zero-order valence-electron chi connectivity index (χ0n) is 13.5. The van der Waals surface area contributed by atoms with E-state index in [-0.39, 0.29) is 29.2 Å². The third-order valence-corrected chi connectivity index (χ3v) is 4.46. The van der Waals surface area contributed by atoms with Crippen LogP contribution in [0.25, 0.3) is 0 Å². The van der Waals surface area contributed by atoms with Crippen molar-refractivity contribution < 1.29 is 14.3 Å². The van der Waals surface area contributed by atoms with Crippen LogP contribution < -0.4 is 11.1 Å². The zero-order valence-corrected chi connectivity index (χ0v) is 13.5. The van der Waals surface area contributed by atoms with Crippen LogP contribution in [0.2, 0.25) is 0 Å². The van der Waals surface area contributed by atoms with Crippen molar-refractivity contribution in [1.29, 1.82) is 5.26 Å². The van der Waals surface area contributed by atoms with Gasteiger partial charge in [-0.15, -0.1) is 0 Å². The minimum atomic E-state index is -1.54. The summed E-state index contributed by atoms with van der Waals surface area (Å²) in [5, 5.41) is 12.5. The molecule has 1 amide bonds. The van der Waals surface area contributed by atoms with Gasteiger partial charge < -0.3 is 15.8 Å². The number of anilines is 1. The molecule has 24 heavy (non-hydrogen) atoms. The summed E-state index contributed by atoms with van der Waals surface area (Å²) >= 11 is 0. The lowest BCUT2D eigenvalue weighted by molar-refractivity contribution is -0.122. The maximum absolute atomic E-state index is 13.0. The van der Waals surface area contributed by atoms with Crippen LogP contribution in [0.15, 0.2) is 47.1 Å². The van der Waals surface area contributed by atoms with Gasteiger partial charge in [-0.1, -0.05) is 32.0 Å². The van der Waals surface area contributed by atoms with Gasteiger partial charge in [0.05, 0.1) is 5.57 Å². The average molecular weight is 323 g/mol. The van der Waals surface area contributed by atoms with E-state index in [0.29, 0.717) is 23.4 Å². The van der Waals surface area contributed by atoms with Crippen LogP contribution >= 0.6 is 0 Å². The molecular weight excluding hydrogens is 306 g/mol. The molecule has 3 N–H and O–H groups in total. The minimum Gasteiger partial charge on any atom is -0.444 e. The van der Waals surface area contributed by atoms with Crippen LogP contribution in [0, 0.1) is 11.3 Å². The number of ether oxygens (including phenoxy) is 1. The Bertz CT molecular complexity index is 861. The number of benzene rings is 1. The number of nitrogens with zero attached hydrogens (tertiary/aromatic N) is 1. The second-order valence-corrected chi connectivity index (χ2v) is 5.63. The topological polar surface area (TPSA) is 105 Å². The Kier molecular flexibility index (Phi) is 3.64. The zero-order chi connectivity index (χ0) is 17.5. The summed E-state index contributed by atoms with van der Waals surface area (Å²) in [6, 6.07) is 9.01. The smallest absolute Gasteiger partial charge is 0.245 e. The fraction of sp³-hybridized carbons (Fsp3) is 0.278. The molecule has 1 unspecified atom stereocenters. The molecule has 0 bridgehead atoms. The number of carbonyl (C=O) groups excluding carboxylic acids is 2. The summed E-state index contributed by atoms with van der Waals surface area (Å²) in [6.07, 6.45) is 0.579. The highest BCUT2D eigenvalue weighted by molar-refractivity contribution is 6.18. The fourth-order valence-electron chi connectivity index (χ4n) is 3.44. The van der Waals surface area contributed by atoms with E-state index in [1.54, 1.807) is 31.2 Å². The number of fused-ring (bicyclic) bond motifs is 2. The summed E-state index contributed by atoms with van der Waals surface area (Å²) < 4.78 is 5.54. The largest absolute Gasteiger partial charge is 0.444 e. The number of carbonyl (C=O) groups is 2. The Balaban J connectivity index is 2.45. The molecule has 1 aromatic carbocycles. The molecule has 1 aromatic rings. The van der Waals surface area contributed by atoms with E-state index in [1.165, 1.54) is 0 Å². The molecule has 2 heterocycles. The van der Waals surface area contributed by atoms with Crippen LogP contribution in [-0.2, 0) is 19.7 Å². The summed E-state index contributed by atoms with van der Waals surface area (Å²) in [5.74, 6) is -0.479. The standard InChI is InChI=1S/C18H17N3O3/c1-3-13(22)15-14(4-2)24-16(20)11(9-19)18(15)10-7-5-6-8-12(10)21-17(18)23/h5-8H,3-4,20H2,1-2H3,(H,21,23). The molecule has 0 radical (unpaired) electrons. The first-order valence-electron chi connectivity index (χ1n) is 7.78. The quantitative estimate of drug-likeness (QED) is 0.887. The summed E-state index contributed by atoms with van der Waals surface area (Å²) in [6.45, 7) is 3.53. The molecule has 6 heteroatoms. The first-order valence-corrected chi connectivity index (χ1v) is 7.78. The predicted molar refractivity (Wildman–Crippen MR) is 87.3 cm³/mol. The van der Waals surface area contributed by atoms with Crippen molar-refractivity contribution in [1.82, 2.24) is 0 Å². The van der Waals surface area contributed by atoms with Crippen LogP contribution in [-0.4, -0.2) is 11.7 Å². The van der Waals surface area contributed by atoms with E-state index < -0.39 is 11.3 Å². The van der Waals surface area contributed by atoms with Gasteiger partial charge in [0.2, 0.25) is 11.8 Å². The predicted octanol–water partition coefficient (Wildman–Crippen LogP) is 2.24. The number of para-hydroxylation sites is 1. The van der Waals surface area contributed by atoms with Gasteiger partial charge >= 0.3 is 0 Å². The Morgan fingerprint density at radius 2 is 2.08 bits per heavy atom. The number of nitrogens with two attached hydrogens (primary N) is 1. The normalized spacial score (nSPS) is 22.1. The lowest BCUT2D eigenvalue weighted by atomic mass is 9.66. The molecule has 2 aliphatic rings. The maximum Gasteiger partial charge on any atom is 0.245 e. The summed E-state index contributed by atoms with van der Waals surface area (Å²) in [4.78, 5) is 25.8. The number of nitriles is 1. The van der Waals surface area contributed by atoms with Crippen molar-refractivity contribution in [2.45, 2.75) is 32.1 Å². The molecule has 0 saturated carbocycles. The fourth-order valence-corrected chi connectivity index (χ4v) is 3.44. The number of ketones is 1. The number of rotatable bonds is 3. The molecule has 0 aromatic heterocycles. The first-order chi connectivity index (χ1) is 11.5. The van der Waals surface area contributed by atoms with Gasteiger partial charge in [0, 0.05) is 24.1 Å². The molecule has 2 aliphatic heterocycles. The monoisotopic (exact) mass is 323 g/mol. The van der Waals surface area contributed by atoms with Crippen molar-refractivity contribution in [3.05, 3.63) is 52.6 Å². The van der Waals surface area contributed by atoms with Crippen molar-refractivity contribution in [3.63, 3.8) is 0 Å².